The molecule has 1 aliphatic heterocycles. The topological polar surface area (TPSA) is 49.8 Å². The molecule has 4 nitrogen and oxygen atoms in total. The number of benzene rings is 4. The molecule has 0 radical (unpaired) electrons. The Kier molecular flexibility index (Phi) is 8.09. The van der Waals surface area contributed by atoms with E-state index in [2.05, 4.69) is 0 Å². The first-order valence-electron chi connectivity index (χ1n) is 13.5. The number of cyclic esters (lactones) is 1. The molecule has 0 unspecified atom stereocenters. The molecule has 1 saturated heterocycles. The number of hydrogen-bond acceptors (Lipinski definition) is 3. The van der Waals surface area contributed by atoms with Crippen molar-refractivity contribution in [1.82, 2.24) is 4.90 Å². The first-order chi connectivity index (χ1) is 20.5. The van der Waals surface area contributed by atoms with Gasteiger partial charge in [-0.25, -0.2) is 4.79 Å². The van der Waals surface area contributed by atoms with Crippen LogP contribution < -0.4 is 0 Å². The molecule has 5 rings (SSSR count). The second-order valence-electron chi connectivity index (χ2n) is 10.9. The predicted octanol–water partition coefficient (Wildman–Crippen LogP) is 10.1. The molecule has 0 spiro atoms. The van der Waals surface area contributed by atoms with Gasteiger partial charge in [0.15, 0.2) is 0 Å². The summed E-state index contributed by atoms with van der Waals surface area (Å²) in [6.07, 6.45) is -11.0. The van der Waals surface area contributed by atoms with Crippen molar-refractivity contribution in [2.45, 2.75) is 51.8 Å². The van der Waals surface area contributed by atoms with E-state index in [1.165, 1.54) is 42.2 Å². The highest BCUT2D eigenvalue weighted by molar-refractivity contribution is 6.33. The number of carbonyl (C=O) groups excluding carboxylic acids is 1. The summed E-state index contributed by atoms with van der Waals surface area (Å²) < 4.78 is 87.6. The van der Waals surface area contributed by atoms with Crippen LogP contribution in [0.5, 0.6) is 5.75 Å². The van der Waals surface area contributed by atoms with E-state index >= 15 is 0 Å². The van der Waals surface area contributed by atoms with Crippen LogP contribution in [0.2, 0.25) is 5.02 Å². The fraction of sp³-hybridized carbons (Fsp3) is 0.242. The summed E-state index contributed by atoms with van der Waals surface area (Å²) >= 11 is 6.57. The van der Waals surface area contributed by atoms with Crippen LogP contribution in [-0.4, -0.2) is 22.1 Å². The van der Waals surface area contributed by atoms with E-state index in [0.29, 0.717) is 28.3 Å². The van der Waals surface area contributed by atoms with Crippen molar-refractivity contribution in [2.75, 3.05) is 0 Å². The molecule has 0 saturated carbocycles. The molecule has 0 aromatic heterocycles. The van der Waals surface area contributed by atoms with Gasteiger partial charge >= 0.3 is 18.4 Å². The lowest BCUT2D eigenvalue weighted by Crippen LogP contribution is -2.31. The van der Waals surface area contributed by atoms with Gasteiger partial charge in [-0.05, 0) is 85.0 Å². The summed E-state index contributed by atoms with van der Waals surface area (Å²) in [4.78, 5) is 14.5. The molecule has 0 bridgehead atoms. The van der Waals surface area contributed by atoms with Crippen LogP contribution in [0, 0.1) is 13.8 Å². The van der Waals surface area contributed by atoms with Gasteiger partial charge < -0.3 is 9.84 Å². The van der Waals surface area contributed by atoms with Crippen molar-refractivity contribution in [1.29, 1.82) is 0 Å². The molecule has 1 heterocycles. The third-order valence-electron chi connectivity index (χ3n) is 7.63. The molecule has 4 aromatic rings. The Bertz CT molecular complexity index is 1750. The molecule has 11 heteroatoms. The lowest BCUT2D eigenvalue weighted by Gasteiger charge is -2.24. The standard InChI is InChI=1S/C33H26ClF6NO3/c1-17-4-7-25(27-14-20(5-9-29(27)34)26-8-6-24(42)15-28(26)33(38,39)40)22(10-17)16-41-19(3)30(44-31(41)43)21-11-18(2)12-23(13-21)32(35,36)37/h4-15,19,30,42H,16H2,1-3H3/t19-,30-/m0/s1. The zero-order chi connectivity index (χ0) is 32.1. The highest BCUT2D eigenvalue weighted by Gasteiger charge is 2.41. The van der Waals surface area contributed by atoms with E-state index in [4.69, 9.17) is 16.3 Å². The average molecular weight is 634 g/mol. The maximum Gasteiger partial charge on any atom is 0.417 e. The average Bonchev–Trinajstić information content (AvgIpc) is 3.21. The predicted molar refractivity (Wildman–Crippen MR) is 154 cm³/mol. The molecule has 1 fully saturated rings. The van der Waals surface area contributed by atoms with Crippen molar-refractivity contribution in [3.05, 3.63) is 111 Å². The Morgan fingerprint density at radius 3 is 2.20 bits per heavy atom. The van der Waals surface area contributed by atoms with Crippen LogP contribution in [0.15, 0.2) is 72.8 Å². The smallest absolute Gasteiger partial charge is 0.417 e. The van der Waals surface area contributed by atoms with E-state index in [0.717, 1.165) is 17.7 Å². The Labute approximate surface area is 254 Å². The number of aryl methyl sites for hydroxylation is 2. The summed E-state index contributed by atoms with van der Waals surface area (Å²) in [5, 5.41) is 9.96. The molecular formula is C33H26ClF6NO3. The minimum Gasteiger partial charge on any atom is -0.508 e. The van der Waals surface area contributed by atoms with Gasteiger partial charge in [-0.15, -0.1) is 0 Å². The second kappa shape index (κ2) is 11.4. The number of hydrogen-bond donors (Lipinski definition) is 1. The van der Waals surface area contributed by atoms with E-state index in [9.17, 15) is 36.2 Å². The summed E-state index contributed by atoms with van der Waals surface area (Å²) in [5.74, 6) is -0.527. The third kappa shape index (κ3) is 6.22. The molecule has 1 amide bonds. The molecule has 230 valence electrons. The van der Waals surface area contributed by atoms with Crippen molar-refractivity contribution >= 4 is 17.7 Å². The minimum atomic E-state index is -4.73. The van der Waals surface area contributed by atoms with Crippen LogP contribution in [0.1, 0.15) is 46.4 Å². The van der Waals surface area contributed by atoms with Crippen LogP contribution in [0.3, 0.4) is 0 Å². The second-order valence-corrected chi connectivity index (χ2v) is 11.3. The Balaban J connectivity index is 1.53. The summed E-state index contributed by atoms with van der Waals surface area (Å²) in [6, 6.07) is 15.7. The number of phenolic OH excluding ortho intramolecular Hbond substituents is 1. The van der Waals surface area contributed by atoms with Gasteiger partial charge in [-0.3, -0.25) is 4.90 Å². The number of carbonyl (C=O) groups is 1. The van der Waals surface area contributed by atoms with Gasteiger partial charge in [0.05, 0.1) is 23.7 Å². The molecule has 0 aliphatic carbocycles. The molecule has 1 aliphatic rings. The number of halogens is 7. The van der Waals surface area contributed by atoms with Gasteiger partial charge in [-0.1, -0.05) is 59.1 Å². The highest BCUT2D eigenvalue weighted by atomic mass is 35.5. The SMILES string of the molecule is Cc1cc([C@H]2OC(=O)N(Cc3cc(C)ccc3-c3cc(-c4ccc(O)cc4C(F)(F)F)ccc3Cl)[C@H]2C)cc(C(F)(F)F)c1. The van der Waals surface area contributed by atoms with E-state index < -0.39 is 47.5 Å². The molecule has 4 aromatic carbocycles. The van der Waals surface area contributed by atoms with E-state index in [1.807, 2.05) is 13.0 Å². The number of phenols is 1. The zero-order valence-electron chi connectivity index (χ0n) is 23.6. The number of amides is 1. The van der Waals surface area contributed by atoms with Crippen molar-refractivity contribution in [2.24, 2.45) is 0 Å². The maximum atomic E-state index is 13.8. The first-order valence-corrected chi connectivity index (χ1v) is 13.9. The maximum absolute atomic E-state index is 13.8. The number of rotatable bonds is 5. The monoisotopic (exact) mass is 633 g/mol. The van der Waals surface area contributed by atoms with Gasteiger partial charge in [0.25, 0.3) is 0 Å². The lowest BCUT2D eigenvalue weighted by molar-refractivity contribution is -0.138. The largest absolute Gasteiger partial charge is 0.508 e. The van der Waals surface area contributed by atoms with E-state index in [-0.39, 0.29) is 28.3 Å². The number of aromatic hydroxyl groups is 1. The zero-order valence-corrected chi connectivity index (χ0v) is 24.4. The van der Waals surface area contributed by atoms with E-state index in [1.54, 1.807) is 25.1 Å². The van der Waals surface area contributed by atoms with Crippen molar-refractivity contribution in [3.63, 3.8) is 0 Å². The molecule has 44 heavy (non-hydrogen) atoms. The number of alkyl halides is 6. The summed E-state index contributed by atoms with van der Waals surface area (Å²) in [5.41, 5.74) is 1.18. The van der Waals surface area contributed by atoms with Crippen LogP contribution >= 0.6 is 11.6 Å². The van der Waals surface area contributed by atoms with Gasteiger partial charge in [0.1, 0.15) is 11.9 Å². The molecule has 2 atom stereocenters. The summed E-state index contributed by atoms with van der Waals surface area (Å²) in [6.45, 7) is 5.04. The van der Waals surface area contributed by atoms with Gasteiger partial charge in [-0.2, -0.15) is 26.3 Å². The van der Waals surface area contributed by atoms with Crippen LogP contribution in [0.4, 0.5) is 31.1 Å². The molecular weight excluding hydrogens is 608 g/mol. The van der Waals surface area contributed by atoms with Crippen LogP contribution in [-0.2, 0) is 23.6 Å². The Hall–Kier alpha value is -4.18. The number of ether oxygens (including phenoxy) is 1. The Morgan fingerprint density at radius 1 is 0.818 bits per heavy atom. The minimum absolute atomic E-state index is 0.000968. The lowest BCUT2D eigenvalue weighted by atomic mass is 9.92. The first kappa shape index (κ1) is 31.3. The van der Waals surface area contributed by atoms with Gasteiger partial charge in [0.2, 0.25) is 0 Å². The van der Waals surface area contributed by atoms with Crippen molar-refractivity contribution < 1.29 is 41.0 Å². The normalized spacial score (nSPS) is 17.2. The highest BCUT2D eigenvalue weighted by Crippen LogP contribution is 2.43. The van der Waals surface area contributed by atoms with Gasteiger partial charge in [0, 0.05) is 10.6 Å². The fourth-order valence-electron chi connectivity index (χ4n) is 5.52. The summed E-state index contributed by atoms with van der Waals surface area (Å²) in [7, 11) is 0. The van der Waals surface area contributed by atoms with Crippen LogP contribution in [0.25, 0.3) is 22.3 Å². The molecule has 1 N–H and O–H groups in total. The Morgan fingerprint density at radius 2 is 1.52 bits per heavy atom. The fourth-order valence-corrected chi connectivity index (χ4v) is 5.74. The van der Waals surface area contributed by atoms with Crippen molar-refractivity contribution in [3.8, 4) is 28.0 Å². The number of nitrogens with zero attached hydrogens (tertiary/aromatic N) is 1. The quantitative estimate of drug-likeness (QED) is 0.223. The third-order valence-corrected chi connectivity index (χ3v) is 7.95.